The zero-order valence-corrected chi connectivity index (χ0v) is 27.2. The van der Waals surface area contributed by atoms with E-state index in [0.717, 1.165) is 27.9 Å². The summed E-state index contributed by atoms with van der Waals surface area (Å²) in [6.07, 6.45) is -3.06. The number of ether oxygens (including phenoxy) is 3. The number of aryl methyl sites for hydroxylation is 2. The number of thiophene rings is 1. The Kier molecular flexibility index (Phi) is 8.52. The van der Waals surface area contributed by atoms with E-state index in [9.17, 15) is 23.1 Å². The maximum Gasteiger partial charge on any atom is 0.522 e. The van der Waals surface area contributed by atoms with Crippen molar-refractivity contribution in [2.24, 2.45) is 5.92 Å². The number of carbonyl (C=O) groups is 1. The van der Waals surface area contributed by atoms with Crippen LogP contribution in [0.2, 0.25) is 5.02 Å². The quantitative estimate of drug-likeness (QED) is 0.183. The van der Waals surface area contributed by atoms with Crippen molar-refractivity contribution in [1.29, 1.82) is 0 Å². The van der Waals surface area contributed by atoms with E-state index >= 15 is 0 Å². The molecule has 3 aliphatic rings. The van der Waals surface area contributed by atoms with Crippen LogP contribution in [0.15, 0.2) is 29.6 Å². The van der Waals surface area contributed by atoms with Crippen LogP contribution in [0.25, 0.3) is 21.3 Å². The van der Waals surface area contributed by atoms with Crippen LogP contribution in [-0.4, -0.2) is 75.7 Å². The van der Waals surface area contributed by atoms with Crippen molar-refractivity contribution in [2.45, 2.75) is 64.0 Å². The number of carboxylic acids is 1. The van der Waals surface area contributed by atoms with E-state index in [1.807, 2.05) is 19.9 Å². The van der Waals surface area contributed by atoms with Crippen LogP contribution < -0.4 is 9.47 Å². The van der Waals surface area contributed by atoms with E-state index in [1.165, 1.54) is 11.3 Å². The number of carboxylic acid groups (broad SMARTS) is 1. The van der Waals surface area contributed by atoms with E-state index in [0.29, 0.717) is 83.4 Å². The van der Waals surface area contributed by atoms with E-state index in [1.54, 1.807) is 23.6 Å². The molecule has 9 nitrogen and oxygen atoms in total. The minimum Gasteiger partial charge on any atom is -0.489 e. The minimum atomic E-state index is -4.61. The van der Waals surface area contributed by atoms with Gasteiger partial charge >= 0.3 is 12.3 Å². The molecule has 1 aromatic carbocycles. The fraction of sp³-hybridized carbons (Fsp3) is 0.455. The average Bonchev–Trinajstić information content (AvgIpc) is 3.71. The molecular weight excluding hydrogens is 657 g/mol. The second kappa shape index (κ2) is 12.5. The lowest BCUT2D eigenvalue weighted by atomic mass is 9.89. The Labute approximate surface area is 277 Å². The van der Waals surface area contributed by atoms with Gasteiger partial charge in [0, 0.05) is 57.8 Å². The fourth-order valence-electron chi connectivity index (χ4n) is 7.05. The number of fused-ring (bicyclic) bond motifs is 4. The first-order chi connectivity index (χ1) is 22.4. The molecule has 47 heavy (non-hydrogen) atoms. The third kappa shape index (κ3) is 6.63. The Morgan fingerprint density at radius 2 is 1.85 bits per heavy atom. The lowest BCUT2D eigenvalue weighted by Gasteiger charge is -2.39. The van der Waals surface area contributed by atoms with Crippen LogP contribution >= 0.6 is 22.9 Å². The van der Waals surface area contributed by atoms with E-state index in [4.69, 9.17) is 26.1 Å². The van der Waals surface area contributed by atoms with Crippen LogP contribution in [0, 0.1) is 19.8 Å². The van der Waals surface area contributed by atoms with Crippen molar-refractivity contribution in [1.82, 2.24) is 19.9 Å². The SMILES string of the molecule is Cc1cc(-c2cc(Cl)ccc2OCCOc2nc(C)nc3c2C[C@H](N2CCC(OC(F)(F)F)CC2)[C@@H]2C[C@H]32)c2scc(C(=O)O)c2n1. The number of pyridine rings is 1. The van der Waals surface area contributed by atoms with Gasteiger partial charge in [0.25, 0.3) is 0 Å². The highest BCUT2D eigenvalue weighted by Crippen LogP contribution is 2.56. The van der Waals surface area contributed by atoms with Gasteiger partial charge in [0.2, 0.25) is 5.88 Å². The topological polar surface area (TPSA) is 107 Å². The summed E-state index contributed by atoms with van der Waals surface area (Å²) in [6.45, 7) is 5.17. The molecule has 1 saturated heterocycles. The first-order valence-corrected chi connectivity index (χ1v) is 16.7. The molecule has 14 heteroatoms. The molecule has 0 amide bonds. The smallest absolute Gasteiger partial charge is 0.489 e. The third-order valence-corrected chi connectivity index (χ3v) is 10.4. The van der Waals surface area contributed by atoms with Gasteiger partial charge in [-0.15, -0.1) is 24.5 Å². The number of piperidine rings is 1. The van der Waals surface area contributed by atoms with Crippen molar-refractivity contribution in [2.75, 3.05) is 26.3 Å². The molecule has 0 unspecified atom stereocenters. The molecule has 0 spiro atoms. The lowest BCUT2D eigenvalue weighted by molar-refractivity contribution is -0.346. The maximum atomic E-state index is 12.7. The van der Waals surface area contributed by atoms with Crippen LogP contribution in [0.3, 0.4) is 0 Å². The van der Waals surface area contributed by atoms with Gasteiger partial charge in [0.05, 0.1) is 27.6 Å². The van der Waals surface area contributed by atoms with Gasteiger partial charge in [-0.05, 0) is 69.7 Å². The minimum absolute atomic E-state index is 0.149. The van der Waals surface area contributed by atoms with Crippen molar-refractivity contribution < 1.29 is 37.3 Å². The summed E-state index contributed by atoms with van der Waals surface area (Å²) in [7, 11) is 0. The summed E-state index contributed by atoms with van der Waals surface area (Å²) in [5.74, 6) is 1.39. The average molecular weight is 689 g/mol. The lowest BCUT2D eigenvalue weighted by Crippen LogP contribution is -2.47. The first kappa shape index (κ1) is 32.0. The van der Waals surface area contributed by atoms with E-state index < -0.39 is 18.4 Å². The molecule has 3 atom stereocenters. The molecule has 1 saturated carbocycles. The highest BCUT2D eigenvalue weighted by atomic mass is 35.5. The van der Waals surface area contributed by atoms with Crippen LogP contribution in [-0.2, 0) is 11.2 Å². The standard InChI is InChI=1S/C33H32ClF3N4O5S/c1-16-11-23(30-29(38-16)25(15-47-30)32(42)43)21-12-18(34)3-4-27(21)44-9-10-45-31-24-14-26(20-13-22(20)28(24)39-17(2)40-31)41-7-5-19(6-8-41)46-33(35,36)37/h3-4,11-12,15,19-20,22,26H,5-10,13-14H2,1-2H3,(H,42,43)/t20-,22+,26+/m1/s1. The van der Waals surface area contributed by atoms with Gasteiger partial charge < -0.3 is 14.6 Å². The molecule has 1 aliphatic heterocycles. The highest BCUT2D eigenvalue weighted by Gasteiger charge is 2.52. The molecular formula is C33H32ClF3N4O5S. The highest BCUT2D eigenvalue weighted by molar-refractivity contribution is 7.18. The van der Waals surface area contributed by atoms with Gasteiger partial charge in [0.15, 0.2) is 0 Å². The Morgan fingerprint density at radius 3 is 2.60 bits per heavy atom. The second-order valence-corrected chi connectivity index (χ2v) is 13.6. The number of aromatic carboxylic acids is 1. The number of hydrogen-bond acceptors (Lipinski definition) is 9. The zero-order chi connectivity index (χ0) is 33.0. The largest absolute Gasteiger partial charge is 0.522 e. The van der Waals surface area contributed by atoms with Gasteiger partial charge in [-0.2, -0.15) is 4.98 Å². The van der Waals surface area contributed by atoms with Crippen LogP contribution in [0.1, 0.15) is 58.3 Å². The van der Waals surface area contributed by atoms with Crippen LogP contribution in [0.5, 0.6) is 11.6 Å². The van der Waals surface area contributed by atoms with Crippen molar-refractivity contribution >= 4 is 39.1 Å². The predicted molar refractivity (Wildman–Crippen MR) is 170 cm³/mol. The molecule has 4 aromatic rings. The number of nitrogens with zero attached hydrogens (tertiary/aromatic N) is 4. The number of likely N-dealkylation sites (tertiary alicyclic amines) is 1. The molecule has 4 heterocycles. The summed E-state index contributed by atoms with van der Waals surface area (Å²) in [4.78, 5) is 28.0. The predicted octanol–water partition coefficient (Wildman–Crippen LogP) is 7.21. The second-order valence-electron chi connectivity index (χ2n) is 12.3. The normalized spacial score (nSPS) is 21.4. The number of halogens is 4. The monoisotopic (exact) mass is 688 g/mol. The number of aromatic nitrogens is 3. The zero-order valence-electron chi connectivity index (χ0n) is 25.6. The van der Waals surface area contributed by atoms with Gasteiger partial charge in [-0.1, -0.05) is 11.6 Å². The Morgan fingerprint density at radius 1 is 1.09 bits per heavy atom. The molecule has 1 N–H and O–H groups in total. The van der Waals surface area contributed by atoms with Crippen molar-refractivity contribution in [3.05, 3.63) is 63.0 Å². The molecule has 2 fully saturated rings. The van der Waals surface area contributed by atoms with Crippen molar-refractivity contribution in [3.8, 4) is 22.8 Å². The third-order valence-electron chi connectivity index (χ3n) is 9.15. The molecule has 0 radical (unpaired) electrons. The van der Waals surface area contributed by atoms with Crippen molar-refractivity contribution in [3.63, 3.8) is 0 Å². The maximum absolute atomic E-state index is 12.7. The van der Waals surface area contributed by atoms with Crippen LogP contribution in [0.4, 0.5) is 13.2 Å². The molecule has 3 aromatic heterocycles. The molecule has 248 valence electrons. The summed E-state index contributed by atoms with van der Waals surface area (Å²) in [6, 6.07) is 7.39. The summed E-state index contributed by atoms with van der Waals surface area (Å²) in [5, 5.41) is 11.7. The van der Waals surface area contributed by atoms with Gasteiger partial charge in [0.1, 0.15) is 24.8 Å². The molecule has 7 rings (SSSR count). The number of benzene rings is 1. The Balaban J connectivity index is 1.05. The number of hydrogen-bond donors (Lipinski definition) is 1. The fourth-order valence-corrected chi connectivity index (χ4v) is 8.24. The Hall–Kier alpha value is -3.52. The summed E-state index contributed by atoms with van der Waals surface area (Å²) in [5.41, 5.74) is 4.71. The first-order valence-electron chi connectivity index (χ1n) is 15.5. The summed E-state index contributed by atoms with van der Waals surface area (Å²) < 4.78 is 55.7. The number of rotatable bonds is 9. The summed E-state index contributed by atoms with van der Waals surface area (Å²) >= 11 is 7.70. The molecule has 0 bridgehead atoms. The van der Waals surface area contributed by atoms with E-state index in [-0.39, 0.29) is 24.8 Å². The van der Waals surface area contributed by atoms with Gasteiger partial charge in [-0.3, -0.25) is 14.6 Å². The Bertz CT molecular complexity index is 1850. The number of alkyl halides is 3. The van der Waals surface area contributed by atoms with Gasteiger partial charge in [-0.25, -0.2) is 9.78 Å². The van der Waals surface area contributed by atoms with E-state index in [2.05, 4.69) is 19.6 Å². The molecule has 2 aliphatic carbocycles.